The van der Waals surface area contributed by atoms with Crippen molar-refractivity contribution in [3.05, 3.63) is 24.3 Å². The summed E-state index contributed by atoms with van der Waals surface area (Å²) < 4.78 is 5.06. The maximum Gasteiger partial charge on any atom is 0.314 e. The number of hydrogen-bond acceptors (Lipinski definition) is 3. The molecule has 20 heavy (non-hydrogen) atoms. The van der Waals surface area contributed by atoms with E-state index in [1.165, 1.54) is 4.90 Å². The number of likely N-dealkylation sites (tertiary alicyclic amines) is 1. The van der Waals surface area contributed by atoms with E-state index in [4.69, 9.17) is 10.5 Å². The lowest BCUT2D eigenvalue weighted by Gasteiger charge is -2.30. The van der Waals surface area contributed by atoms with E-state index in [1.807, 2.05) is 0 Å². The molecule has 0 aliphatic carbocycles. The molecule has 6 heteroatoms. The lowest BCUT2D eigenvalue weighted by molar-refractivity contribution is -0.121. The third kappa shape index (κ3) is 3.40. The summed E-state index contributed by atoms with van der Waals surface area (Å²) in [7, 11) is 1.59. The van der Waals surface area contributed by atoms with Crippen molar-refractivity contribution < 1.29 is 14.3 Å². The fraction of sp³-hybridized carbons (Fsp3) is 0.429. The lowest BCUT2D eigenvalue weighted by Crippen LogP contribution is -2.46. The number of urea groups is 1. The number of amides is 3. The van der Waals surface area contributed by atoms with Gasteiger partial charge >= 0.3 is 6.03 Å². The number of primary amides is 1. The van der Waals surface area contributed by atoms with Gasteiger partial charge in [-0.25, -0.2) is 4.79 Å². The second-order valence-electron chi connectivity index (χ2n) is 4.84. The van der Waals surface area contributed by atoms with Gasteiger partial charge in [-0.15, -0.1) is 0 Å². The minimum Gasteiger partial charge on any atom is -0.497 e. The van der Waals surface area contributed by atoms with Crippen molar-refractivity contribution in [3.63, 3.8) is 0 Å². The minimum absolute atomic E-state index is 0.0823. The molecule has 0 bridgehead atoms. The maximum atomic E-state index is 12.2. The average molecular weight is 277 g/mol. The first-order valence-electron chi connectivity index (χ1n) is 6.59. The molecule has 6 nitrogen and oxygen atoms in total. The Labute approximate surface area is 117 Å². The molecule has 0 unspecified atom stereocenters. The van der Waals surface area contributed by atoms with Gasteiger partial charge in [0.1, 0.15) is 5.75 Å². The van der Waals surface area contributed by atoms with Crippen molar-refractivity contribution >= 4 is 17.6 Å². The van der Waals surface area contributed by atoms with E-state index in [2.05, 4.69) is 5.32 Å². The SMILES string of the molecule is COc1ccc(NC(=O)[C@H]2CCCN(C(N)=O)C2)cc1. The van der Waals surface area contributed by atoms with E-state index >= 15 is 0 Å². The molecule has 1 saturated heterocycles. The van der Waals surface area contributed by atoms with Crippen molar-refractivity contribution in [3.8, 4) is 5.75 Å². The van der Waals surface area contributed by atoms with Crippen LogP contribution in [-0.4, -0.2) is 37.0 Å². The van der Waals surface area contributed by atoms with Crippen LogP contribution < -0.4 is 15.8 Å². The van der Waals surface area contributed by atoms with E-state index in [0.29, 0.717) is 18.8 Å². The zero-order valence-corrected chi connectivity index (χ0v) is 11.5. The fourth-order valence-corrected chi connectivity index (χ4v) is 2.31. The number of rotatable bonds is 3. The van der Waals surface area contributed by atoms with Crippen molar-refractivity contribution in [2.24, 2.45) is 11.7 Å². The van der Waals surface area contributed by atoms with Crippen LogP contribution in [0.15, 0.2) is 24.3 Å². The van der Waals surface area contributed by atoms with Gasteiger partial charge in [-0.3, -0.25) is 4.79 Å². The second-order valence-corrected chi connectivity index (χ2v) is 4.84. The number of ether oxygens (including phenoxy) is 1. The summed E-state index contributed by atoms with van der Waals surface area (Å²) in [6.45, 7) is 1.01. The monoisotopic (exact) mass is 277 g/mol. The summed E-state index contributed by atoms with van der Waals surface area (Å²) in [5.74, 6) is 0.444. The molecule has 3 N–H and O–H groups in total. The van der Waals surface area contributed by atoms with Gasteiger partial charge in [0.2, 0.25) is 5.91 Å². The first kappa shape index (κ1) is 14.2. The Hall–Kier alpha value is -2.24. The molecular weight excluding hydrogens is 258 g/mol. The van der Waals surface area contributed by atoms with Crippen LogP contribution in [0.4, 0.5) is 10.5 Å². The van der Waals surface area contributed by atoms with Gasteiger partial charge in [-0.2, -0.15) is 0 Å². The summed E-state index contributed by atoms with van der Waals surface area (Å²) in [5, 5.41) is 2.85. The Balaban J connectivity index is 1.95. The number of carbonyl (C=O) groups is 2. The molecule has 1 heterocycles. The quantitative estimate of drug-likeness (QED) is 0.876. The van der Waals surface area contributed by atoms with Gasteiger partial charge < -0.3 is 20.7 Å². The predicted molar refractivity (Wildman–Crippen MR) is 75.5 cm³/mol. The zero-order valence-electron chi connectivity index (χ0n) is 11.5. The smallest absolute Gasteiger partial charge is 0.314 e. The van der Waals surface area contributed by atoms with Crippen LogP contribution in [0.3, 0.4) is 0 Å². The van der Waals surface area contributed by atoms with Gasteiger partial charge in [0.05, 0.1) is 13.0 Å². The van der Waals surface area contributed by atoms with Gasteiger partial charge in [0.25, 0.3) is 0 Å². The Morgan fingerprint density at radius 2 is 2.05 bits per heavy atom. The lowest BCUT2D eigenvalue weighted by atomic mass is 9.97. The van der Waals surface area contributed by atoms with Crippen molar-refractivity contribution in [1.82, 2.24) is 4.90 Å². The second kappa shape index (κ2) is 6.27. The van der Waals surface area contributed by atoms with Crippen LogP contribution in [0, 0.1) is 5.92 Å². The molecule has 1 aromatic rings. The summed E-state index contributed by atoms with van der Waals surface area (Å²) in [4.78, 5) is 24.8. The van der Waals surface area contributed by atoms with Crippen LogP contribution in [0.5, 0.6) is 5.75 Å². The molecular formula is C14H19N3O3. The molecule has 0 spiro atoms. The van der Waals surface area contributed by atoms with Crippen molar-refractivity contribution in [2.45, 2.75) is 12.8 Å². The molecule has 1 fully saturated rings. The largest absolute Gasteiger partial charge is 0.497 e. The van der Waals surface area contributed by atoms with Crippen LogP contribution in [0.2, 0.25) is 0 Å². The fourth-order valence-electron chi connectivity index (χ4n) is 2.31. The molecule has 2 rings (SSSR count). The molecule has 1 aromatic carbocycles. The van der Waals surface area contributed by atoms with Crippen molar-refractivity contribution in [2.75, 3.05) is 25.5 Å². The predicted octanol–water partition coefficient (Wildman–Crippen LogP) is 1.42. The first-order chi connectivity index (χ1) is 9.60. The highest BCUT2D eigenvalue weighted by Gasteiger charge is 2.27. The molecule has 0 saturated carbocycles. The Kier molecular flexibility index (Phi) is 4.45. The van der Waals surface area contributed by atoms with Crippen LogP contribution >= 0.6 is 0 Å². The maximum absolute atomic E-state index is 12.2. The highest BCUT2D eigenvalue weighted by molar-refractivity contribution is 5.93. The van der Waals surface area contributed by atoms with E-state index in [-0.39, 0.29) is 11.8 Å². The average Bonchev–Trinajstić information content (AvgIpc) is 2.48. The van der Waals surface area contributed by atoms with Gasteiger partial charge in [0.15, 0.2) is 0 Å². The van der Waals surface area contributed by atoms with Gasteiger partial charge in [-0.05, 0) is 37.1 Å². The Bertz CT molecular complexity index is 487. The van der Waals surface area contributed by atoms with Crippen LogP contribution in [0.25, 0.3) is 0 Å². The van der Waals surface area contributed by atoms with Crippen LogP contribution in [0.1, 0.15) is 12.8 Å². The number of piperidine rings is 1. The highest BCUT2D eigenvalue weighted by Crippen LogP contribution is 2.20. The number of nitrogens with two attached hydrogens (primary N) is 1. The Morgan fingerprint density at radius 1 is 1.35 bits per heavy atom. The standard InChI is InChI=1S/C14H19N3O3/c1-20-12-6-4-11(5-7-12)16-13(18)10-3-2-8-17(9-10)14(15)19/h4-7,10H,2-3,8-9H2,1H3,(H2,15,19)(H,16,18)/t10-/m0/s1. The first-order valence-corrected chi connectivity index (χ1v) is 6.59. The van der Waals surface area contributed by atoms with Crippen molar-refractivity contribution in [1.29, 1.82) is 0 Å². The number of benzene rings is 1. The number of carbonyl (C=O) groups excluding carboxylic acids is 2. The Morgan fingerprint density at radius 3 is 2.65 bits per heavy atom. The topological polar surface area (TPSA) is 84.7 Å². The number of anilines is 1. The molecule has 1 atom stereocenters. The van der Waals surface area contributed by atoms with E-state index in [9.17, 15) is 9.59 Å². The number of methoxy groups -OCH3 is 1. The molecule has 3 amide bonds. The van der Waals surface area contributed by atoms with Crippen LogP contribution in [-0.2, 0) is 4.79 Å². The minimum atomic E-state index is -0.466. The zero-order chi connectivity index (χ0) is 14.5. The number of nitrogens with one attached hydrogen (secondary N) is 1. The molecule has 0 aromatic heterocycles. The molecule has 108 valence electrons. The van der Waals surface area contributed by atoms with Gasteiger partial charge in [0, 0.05) is 18.8 Å². The molecule has 0 radical (unpaired) electrons. The highest BCUT2D eigenvalue weighted by atomic mass is 16.5. The summed E-state index contributed by atoms with van der Waals surface area (Å²) in [6.07, 6.45) is 1.56. The normalized spacial score (nSPS) is 18.4. The summed E-state index contributed by atoms with van der Waals surface area (Å²) in [6, 6.07) is 6.67. The molecule has 1 aliphatic rings. The van der Waals surface area contributed by atoms with E-state index < -0.39 is 6.03 Å². The third-order valence-corrected chi connectivity index (χ3v) is 3.46. The summed E-state index contributed by atoms with van der Waals surface area (Å²) >= 11 is 0. The van der Waals surface area contributed by atoms with E-state index in [1.54, 1.807) is 31.4 Å². The third-order valence-electron chi connectivity index (χ3n) is 3.46. The number of nitrogens with zero attached hydrogens (tertiary/aromatic N) is 1. The number of hydrogen-bond donors (Lipinski definition) is 2. The molecule has 1 aliphatic heterocycles. The van der Waals surface area contributed by atoms with Gasteiger partial charge in [-0.1, -0.05) is 0 Å². The summed E-state index contributed by atoms with van der Waals surface area (Å²) in [5.41, 5.74) is 5.97. The van der Waals surface area contributed by atoms with E-state index in [0.717, 1.165) is 18.6 Å².